The Morgan fingerprint density at radius 3 is 2.53 bits per heavy atom. The van der Waals surface area contributed by atoms with E-state index in [9.17, 15) is 5.11 Å². The Balaban J connectivity index is 1.76. The van der Waals surface area contributed by atoms with E-state index in [-0.39, 0.29) is 5.60 Å². The molecule has 98 valence electrons. The molecule has 0 radical (unpaired) electrons. The predicted octanol–water partition coefficient (Wildman–Crippen LogP) is 3.30. The van der Waals surface area contributed by atoms with Gasteiger partial charge in [0.2, 0.25) is 0 Å². The smallest absolute Gasteiger partial charge is 0.0892 e. The van der Waals surface area contributed by atoms with E-state index in [1.165, 1.54) is 12.8 Å². The zero-order valence-corrected chi connectivity index (χ0v) is 11.6. The van der Waals surface area contributed by atoms with Crippen molar-refractivity contribution >= 4 is 0 Å². The Hall–Kier alpha value is -0.340. The minimum atomic E-state index is -0.572. The van der Waals surface area contributed by atoms with E-state index in [0.717, 1.165) is 12.8 Å². The first-order valence-corrected chi connectivity index (χ1v) is 6.90. The number of hydrogen-bond donors (Lipinski definition) is 1. The van der Waals surface area contributed by atoms with Crippen molar-refractivity contribution in [3.05, 3.63) is 12.2 Å². The zero-order valence-electron chi connectivity index (χ0n) is 11.6. The van der Waals surface area contributed by atoms with Crippen LogP contribution < -0.4 is 0 Å². The van der Waals surface area contributed by atoms with E-state index < -0.39 is 5.60 Å². The van der Waals surface area contributed by atoms with Crippen molar-refractivity contribution in [1.29, 1.82) is 0 Å². The normalized spacial score (nSPS) is 41.2. The Kier molecular flexibility index (Phi) is 3.39. The van der Waals surface area contributed by atoms with Crippen molar-refractivity contribution in [3.63, 3.8) is 0 Å². The summed E-state index contributed by atoms with van der Waals surface area (Å²) in [6.07, 6.45) is 9.08. The lowest BCUT2D eigenvalue weighted by Gasteiger charge is -2.30. The van der Waals surface area contributed by atoms with Gasteiger partial charge in [0.1, 0.15) is 0 Å². The molecule has 17 heavy (non-hydrogen) atoms. The highest BCUT2D eigenvalue weighted by atomic mass is 16.6. The maximum atomic E-state index is 9.86. The van der Waals surface area contributed by atoms with Gasteiger partial charge in [-0.3, -0.25) is 0 Å². The molecule has 2 nitrogen and oxygen atoms in total. The van der Waals surface area contributed by atoms with Crippen molar-refractivity contribution in [1.82, 2.24) is 0 Å². The number of aliphatic hydroxyl groups is 1. The summed E-state index contributed by atoms with van der Waals surface area (Å²) < 4.78 is 5.62. The van der Waals surface area contributed by atoms with Gasteiger partial charge in [-0.1, -0.05) is 19.1 Å². The first kappa shape index (κ1) is 13.1. The molecule has 0 bridgehead atoms. The molecule has 0 aromatic carbocycles. The molecule has 2 rings (SSSR count). The van der Waals surface area contributed by atoms with Crippen molar-refractivity contribution in [2.45, 2.75) is 70.7 Å². The van der Waals surface area contributed by atoms with Gasteiger partial charge in [-0.15, -0.1) is 0 Å². The lowest BCUT2D eigenvalue weighted by Crippen LogP contribution is -2.27. The molecule has 1 saturated heterocycles. The summed E-state index contributed by atoms with van der Waals surface area (Å²) in [5.41, 5.74) is -0.441. The van der Waals surface area contributed by atoms with Gasteiger partial charge < -0.3 is 9.84 Å². The van der Waals surface area contributed by atoms with Crippen molar-refractivity contribution < 1.29 is 9.84 Å². The first-order chi connectivity index (χ1) is 7.80. The summed E-state index contributed by atoms with van der Waals surface area (Å²) >= 11 is 0. The minimum Gasteiger partial charge on any atom is -0.386 e. The molecular formula is C15H26O2. The van der Waals surface area contributed by atoms with Gasteiger partial charge in [0.05, 0.1) is 17.3 Å². The molecule has 1 fully saturated rings. The van der Waals surface area contributed by atoms with Gasteiger partial charge in [0.25, 0.3) is 0 Å². The van der Waals surface area contributed by atoms with Gasteiger partial charge in [-0.2, -0.15) is 0 Å². The maximum absolute atomic E-state index is 9.86. The standard InChI is InChI=1S/C15H26O2/c1-11(5-6-13-14(2,3)17-13)12-7-9-15(4,16)10-8-12/h7,9,11-13,16H,5-6,8,10H2,1-4H3/t11-,12+,13+,15-/m1/s1. The second-order valence-corrected chi connectivity index (χ2v) is 6.68. The van der Waals surface area contributed by atoms with Crippen LogP contribution in [-0.4, -0.2) is 22.4 Å². The summed E-state index contributed by atoms with van der Waals surface area (Å²) in [6.45, 7) is 8.55. The third kappa shape index (κ3) is 3.32. The number of epoxide rings is 1. The van der Waals surface area contributed by atoms with Crippen LogP contribution in [0.2, 0.25) is 0 Å². The Morgan fingerprint density at radius 2 is 2.06 bits per heavy atom. The number of ether oxygens (including phenoxy) is 1. The van der Waals surface area contributed by atoms with E-state index in [2.05, 4.69) is 26.8 Å². The van der Waals surface area contributed by atoms with Gasteiger partial charge in [0.15, 0.2) is 0 Å². The Bertz CT molecular complexity index is 304. The van der Waals surface area contributed by atoms with E-state index in [0.29, 0.717) is 17.9 Å². The van der Waals surface area contributed by atoms with Crippen LogP contribution >= 0.6 is 0 Å². The van der Waals surface area contributed by atoms with Crippen molar-refractivity contribution in [2.75, 3.05) is 0 Å². The molecule has 2 heteroatoms. The molecule has 0 amide bonds. The van der Waals surface area contributed by atoms with Crippen LogP contribution in [0.15, 0.2) is 12.2 Å². The van der Waals surface area contributed by atoms with Crippen LogP contribution in [0.1, 0.15) is 53.4 Å². The highest BCUT2D eigenvalue weighted by Crippen LogP contribution is 2.40. The SMILES string of the molecule is C[C@H](CC[C@@H]1OC1(C)C)[C@H]1C=C[C@@](C)(O)CC1. The highest BCUT2D eigenvalue weighted by molar-refractivity contribution is 5.06. The molecule has 1 heterocycles. The summed E-state index contributed by atoms with van der Waals surface area (Å²) in [7, 11) is 0. The molecule has 1 N–H and O–H groups in total. The average Bonchev–Trinajstić information content (AvgIpc) is 2.83. The van der Waals surface area contributed by atoms with Crippen LogP contribution in [0.5, 0.6) is 0 Å². The van der Waals surface area contributed by atoms with Crippen LogP contribution in [0.25, 0.3) is 0 Å². The maximum Gasteiger partial charge on any atom is 0.0892 e. The Morgan fingerprint density at radius 1 is 1.41 bits per heavy atom. The molecule has 4 atom stereocenters. The second kappa shape index (κ2) is 4.40. The third-order valence-corrected chi connectivity index (χ3v) is 4.47. The number of rotatable bonds is 4. The Labute approximate surface area is 105 Å². The number of hydrogen-bond acceptors (Lipinski definition) is 2. The van der Waals surface area contributed by atoms with Gasteiger partial charge >= 0.3 is 0 Å². The quantitative estimate of drug-likeness (QED) is 0.602. The molecule has 1 aliphatic carbocycles. The summed E-state index contributed by atoms with van der Waals surface area (Å²) in [5.74, 6) is 1.33. The summed E-state index contributed by atoms with van der Waals surface area (Å²) in [6, 6.07) is 0. The first-order valence-electron chi connectivity index (χ1n) is 6.90. The molecule has 2 aliphatic rings. The summed E-state index contributed by atoms with van der Waals surface area (Å²) in [4.78, 5) is 0. The molecule has 0 spiro atoms. The van der Waals surface area contributed by atoms with E-state index >= 15 is 0 Å². The van der Waals surface area contributed by atoms with Crippen LogP contribution in [0.4, 0.5) is 0 Å². The predicted molar refractivity (Wildman–Crippen MR) is 69.8 cm³/mol. The fourth-order valence-electron chi connectivity index (χ4n) is 2.81. The third-order valence-electron chi connectivity index (χ3n) is 4.47. The molecule has 0 saturated carbocycles. The van der Waals surface area contributed by atoms with Gasteiger partial charge in [-0.05, 0) is 58.3 Å². The monoisotopic (exact) mass is 238 g/mol. The van der Waals surface area contributed by atoms with E-state index in [1.807, 2.05) is 13.0 Å². The fourth-order valence-corrected chi connectivity index (χ4v) is 2.81. The molecule has 0 aromatic rings. The van der Waals surface area contributed by atoms with Crippen LogP contribution in [0.3, 0.4) is 0 Å². The molecular weight excluding hydrogens is 212 g/mol. The largest absolute Gasteiger partial charge is 0.386 e. The fraction of sp³-hybridized carbons (Fsp3) is 0.867. The van der Waals surface area contributed by atoms with Crippen molar-refractivity contribution in [2.24, 2.45) is 11.8 Å². The lowest BCUT2D eigenvalue weighted by atomic mass is 9.78. The molecule has 0 aromatic heterocycles. The minimum absolute atomic E-state index is 0.131. The lowest BCUT2D eigenvalue weighted by molar-refractivity contribution is 0.0830. The summed E-state index contributed by atoms with van der Waals surface area (Å²) in [5, 5.41) is 9.86. The number of allylic oxidation sites excluding steroid dienone is 1. The van der Waals surface area contributed by atoms with Gasteiger partial charge in [0, 0.05) is 0 Å². The second-order valence-electron chi connectivity index (χ2n) is 6.68. The average molecular weight is 238 g/mol. The van der Waals surface area contributed by atoms with Gasteiger partial charge in [-0.25, -0.2) is 0 Å². The molecule has 1 aliphatic heterocycles. The van der Waals surface area contributed by atoms with Crippen LogP contribution in [-0.2, 0) is 4.74 Å². The molecule has 0 unspecified atom stereocenters. The van der Waals surface area contributed by atoms with E-state index in [1.54, 1.807) is 0 Å². The highest BCUT2D eigenvalue weighted by Gasteiger charge is 2.47. The van der Waals surface area contributed by atoms with Crippen molar-refractivity contribution in [3.8, 4) is 0 Å². The zero-order chi connectivity index (χ0) is 12.7. The van der Waals surface area contributed by atoms with Crippen LogP contribution in [0, 0.1) is 11.8 Å². The van der Waals surface area contributed by atoms with E-state index in [4.69, 9.17) is 4.74 Å². The topological polar surface area (TPSA) is 32.8 Å².